The van der Waals surface area contributed by atoms with Crippen molar-refractivity contribution in [2.75, 3.05) is 68.0 Å². The number of nitrogens with one attached hydrogen (secondary N) is 3. The lowest BCUT2D eigenvalue weighted by atomic mass is 9.92. The van der Waals surface area contributed by atoms with Gasteiger partial charge in [0, 0.05) is 135 Å². The second kappa shape index (κ2) is 22.0. The van der Waals surface area contributed by atoms with Crippen LogP contribution in [0.25, 0.3) is 21.9 Å². The average molecular weight is 1040 g/mol. The van der Waals surface area contributed by atoms with Crippen LogP contribution in [0.15, 0.2) is 54.9 Å². The van der Waals surface area contributed by atoms with Gasteiger partial charge < -0.3 is 30.2 Å². The molecular weight excluding hydrogens is 971 g/mol. The molecule has 11 rings (SSSR count). The molecule has 8 heterocycles. The van der Waals surface area contributed by atoms with Gasteiger partial charge in [-0.2, -0.15) is 10.2 Å². The fourth-order valence-corrected chi connectivity index (χ4v) is 12.9. The molecule has 3 aromatic carbocycles. The molecule has 0 spiro atoms. The predicted molar refractivity (Wildman–Crippen MR) is 287 cm³/mol. The molecule has 6 aliphatic rings. The predicted octanol–water partition coefficient (Wildman–Crippen LogP) is 8.39. The third-order valence-electron chi connectivity index (χ3n) is 16.9. The van der Waals surface area contributed by atoms with E-state index in [0.29, 0.717) is 74.7 Å². The van der Waals surface area contributed by atoms with Crippen molar-refractivity contribution < 1.29 is 32.8 Å². The summed E-state index contributed by atoms with van der Waals surface area (Å²) in [5, 5.41) is 20.3. The lowest BCUT2D eigenvalue weighted by Gasteiger charge is -2.34. The van der Waals surface area contributed by atoms with Crippen molar-refractivity contribution in [1.82, 2.24) is 44.9 Å². The van der Waals surface area contributed by atoms with E-state index in [1.165, 1.54) is 6.42 Å². The number of carbonyl (C=O) groups is 5. The normalized spacial score (nSPS) is 19.4. The lowest BCUT2D eigenvalue weighted by molar-refractivity contribution is -0.134. The molecule has 76 heavy (non-hydrogen) atoms. The summed E-state index contributed by atoms with van der Waals surface area (Å²) in [6.45, 7) is 6.00. The standard InChI is InChI=1S/C57H70F2N12O5/c1-60-57(76)68-30-23-46-44(35-68)54(69-25-10-11-36-31-42(37-33-61-65(2)34-37)43(53(58)59)32-49(36)69)64-71(46)39-21-28-67(29-22-39)51(73)14-7-5-3-4-6-8-24-66-26-19-38(20-27-66)62-45-15-16-47-52-40(45)12-9-13-41(52)56(75)70(47)48-17-18-50(72)63-55(48)74/h9,12-13,15-16,31-34,38-39,48,53,62H,3-8,10-11,14,17-30,35H2,1-2H3,(H,60,76)(H,63,72,74). The number of benzene rings is 3. The molecule has 0 bridgehead atoms. The van der Waals surface area contributed by atoms with E-state index in [1.54, 1.807) is 47.0 Å². The number of hydrogen-bond acceptors (Lipinski definition) is 10. The number of unbranched alkanes of at least 4 members (excludes halogenated alkanes) is 5. The summed E-state index contributed by atoms with van der Waals surface area (Å²) >= 11 is 0. The van der Waals surface area contributed by atoms with E-state index in [0.717, 1.165) is 141 Å². The van der Waals surface area contributed by atoms with E-state index in [-0.39, 0.29) is 41.8 Å². The number of halogens is 2. The highest BCUT2D eigenvalue weighted by Gasteiger charge is 2.41. The first kappa shape index (κ1) is 51.2. The number of hydrogen-bond donors (Lipinski definition) is 3. The summed E-state index contributed by atoms with van der Waals surface area (Å²) in [5.41, 5.74) is 7.19. The van der Waals surface area contributed by atoms with Crippen molar-refractivity contribution in [2.45, 2.75) is 134 Å². The number of aromatic nitrogens is 4. The first-order valence-corrected chi connectivity index (χ1v) is 27.7. The van der Waals surface area contributed by atoms with Crippen LogP contribution in [0.2, 0.25) is 0 Å². The zero-order valence-corrected chi connectivity index (χ0v) is 43.8. The number of imide groups is 1. The van der Waals surface area contributed by atoms with Gasteiger partial charge in [-0.1, -0.05) is 37.8 Å². The maximum atomic E-state index is 14.8. The Morgan fingerprint density at radius 3 is 2.37 bits per heavy atom. The maximum absolute atomic E-state index is 14.8. The van der Waals surface area contributed by atoms with Crippen LogP contribution in [-0.4, -0.2) is 129 Å². The van der Waals surface area contributed by atoms with E-state index >= 15 is 0 Å². The third kappa shape index (κ3) is 10.1. The van der Waals surface area contributed by atoms with Crippen molar-refractivity contribution in [2.24, 2.45) is 7.05 Å². The Bertz CT molecular complexity index is 3030. The minimum Gasteiger partial charge on any atom is -0.382 e. The van der Waals surface area contributed by atoms with Crippen LogP contribution < -0.4 is 25.8 Å². The van der Waals surface area contributed by atoms with Crippen molar-refractivity contribution in [3.8, 4) is 11.1 Å². The molecule has 5 aromatic rings. The van der Waals surface area contributed by atoms with Crippen LogP contribution in [0.1, 0.15) is 135 Å². The van der Waals surface area contributed by atoms with E-state index in [1.807, 2.05) is 41.3 Å². The van der Waals surface area contributed by atoms with Gasteiger partial charge in [0.15, 0.2) is 5.82 Å². The topological polar surface area (TPSA) is 173 Å². The van der Waals surface area contributed by atoms with Crippen LogP contribution >= 0.6 is 0 Å². The second-order valence-corrected chi connectivity index (χ2v) is 21.7. The zero-order valence-electron chi connectivity index (χ0n) is 43.8. The van der Waals surface area contributed by atoms with Crippen molar-refractivity contribution in [3.05, 3.63) is 82.8 Å². The highest BCUT2D eigenvalue weighted by molar-refractivity contribution is 6.28. The number of likely N-dealkylation sites (tertiary alicyclic amines) is 2. The number of anilines is 4. The van der Waals surface area contributed by atoms with Gasteiger partial charge in [-0.15, -0.1) is 0 Å². The molecule has 2 aromatic heterocycles. The zero-order chi connectivity index (χ0) is 52.6. The van der Waals surface area contributed by atoms with Crippen LogP contribution in [0.3, 0.4) is 0 Å². The first-order valence-electron chi connectivity index (χ1n) is 27.7. The van der Waals surface area contributed by atoms with Gasteiger partial charge in [-0.25, -0.2) is 13.6 Å². The largest absolute Gasteiger partial charge is 0.382 e. The number of urea groups is 1. The average Bonchev–Trinajstić information content (AvgIpc) is 4.16. The van der Waals surface area contributed by atoms with Gasteiger partial charge in [0.1, 0.15) is 6.04 Å². The number of carbonyl (C=O) groups excluding carboxylic acids is 5. The van der Waals surface area contributed by atoms with E-state index in [9.17, 15) is 32.8 Å². The molecule has 402 valence electrons. The lowest BCUT2D eigenvalue weighted by Crippen LogP contribution is -2.53. The summed E-state index contributed by atoms with van der Waals surface area (Å²) in [6.07, 6.45) is 14.2. The molecule has 0 aliphatic carbocycles. The molecular formula is C57H70F2N12O5. The van der Waals surface area contributed by atoms with Gasteiger partial charge in [0.25, 0.3) is 12.3 Å². The van der Waals surface area contributed by atoms with Crippen LogP contribution in [0, 0.1) is 0 Å². The summed E-state index contributed by atoms with van der Waals surface area (Å²) in [7, 11) is 3.41. The van der Waals surface area contributed by atoms with Gasteiger partial charge in [-0.05, 0) is 106 Å². The van der Waals surface area contributed by atoms with Crippen molar-refractivity contribution in [3.63, 3.8) is 0 Å². The third-order valence-corrected chi connectivity index (χ3v) is 16.9. The Hall–Kier alpha value is -6.89. The number of fused-ring (bicyclic) bond motifs is 2. The molecule has 1 unspecified atom stereocenters. The summed E-state index contributed by atoms with van der Waals surface area (Å²) in [6, 6.07) is 12.8. The Morgan fingerprint density at radius 2 is 1.62 bits per heavy atom. The molecule has 6 aliphatic heterocycles. The molecule has 17 nitrogen and oxygen atoms in total. The molecule has 19 heteroatoms. The van der Waals surface area contributed by atoms with Crippen molar-refractivity contribution >= 4 is 63.3 Å². The van der Waals surface area contributed by atoms with Crippen LogP contribution in [0.4, 0.5) is 36.5 Å². The highest BCUT2D eigenvalue weighted by Crippen LogP contribution is 2.45. The highest BCUT2D eigenvalue weighted by atomic mass is 19.3. The molecule has 6 amide bonds. The number of rotatable bonds is 16. The van der Waals surface area contributed by atoms with Gasteiger partial charge in [-0.3, -0.25) is 38.8 Å². The Balaban J connectivity index is 0.622. The Kier molecular flexibility index (Phi) is 14.8. The van der Waals surface area contributed by atoms with Gasteiger partial charge in [0.2, 0.25) is 17.7 Å². The maximum Gasteiger partial charge on any atom is 0.317 e. The van der Waals surface area contributed by atoms with Crippen molar-refractivity contribution in [1.29, 1.82) is 0 Å². The quantitative estimate of drug-likeness (QED) is 0.0644. The number of piperidine rings is 3. The van der Waals surface area contributed by atoms with E-state index in [2.05, 4.69) is 35.5 Å². The second-order valence-electron chi connectivity index (χ2n) is 21.7. The van der Waals surface area contributed by atoms with Crippen LogP contribution in [-0.2, 0) is 40.8 Å². The summed E-state index contributed by atoms with van der Waals surface area (Å²) < 4.78 is 33.3. The number of amides is 6. The molecule has 3 saturated heterocycles. The number of aryl methyl sites for hydroxylation is 2. The first-order chi connectivity index (χ1) is 36.9. The summed E-state index contributed by atoms with van der Waals surface area (Å²) in [4.78, 5) is 74.6. The molecule has 0 radical (unpaired) electrons. The minimum absolute atomic E-state index is 0.0376. The molecule has 3 N–H and O–H groups in total. The summed E-state index contributed by atoms with van der Waals surface area (Å²) in [5.74, 6) is 0.0172. The number of nitrogens with zero attached hydrogens (tertiary/aromatic N) is 9. The SMILES string of the molecule is CNC(=O)N1CCc2c(c(N3CCCc4cc(-c5cnn(C)c5)c(C(F)F)cc43)nn2C2CCN(C(=O)CCCCCCCCN3CCC(Nc4ccc5c6c(cccc46)C(=O)N5C4CCC(=O)NC4=O)CC3)CC2)C1. The van der Waals surface area contributed by atoms with Gasteiger partial charge in [0.05, 0.1) is 24.5 Å². The number of alkyl halides is 2. The monoisotopic (exact) mass is 1040 g/mol. The Labute approximate surface area is 442 Å². The molecule has 3 fully saturated rings. The minimum atomic E-state index is -2.68. The molecule has 1 atom stereocenters. The fourth-order valence-electron chi connectivity index (χ4n) is 12.9. The van der Waals surface area contributed by atoms with E-state index < -0.39 is 18.4 Å². The van der Waals surface area contributed by atoms with E-state index in [4.69, 9.17) is 5.10 Å². The Morgan fingerprint density at radius 1 is 0.829 bits per heavy atom. The smallest absolute Gasteiger partial charge is 0.317 e. The molecule has 0 saturated carbocycles. The van der Waals surface area contributed by atoms with Gasteiger partial charge >= 0.3 is 6.03 Å². The van der Waals surface area contributed by atoms with Crippen LogP contribution in [0.5, 0.6) is 0 Å². The fraction of sp³-hybridized carbons (Fsp3) is 0.526.